The fraction of sp³-hybridized carbons (Fsp3) is 0.319. The van der Waals surface area contributed by atoms with Gasteiger partial charge in [0.1, 0.15) is 33.5 Å². The lowest BCUT2D eigenvalue weighted by Crippen LogP contribution is -2.50. The third-order valence-electron chi connectivity index (χ3n) is 28.6. The highest BCUT2D eigenvalue weighted by Gasteiger charge is 2.39. The molecule has 145 heavy (non-hydrogen) atoms. The van der Waals surface area contributed by atoms with E-state index in [2.05, 4.69) is 124 Å². The van der Waals surface area contributed by atoms with E-state index in [1.54, 1.807) is 87.7 Å². The number of nitrogens with zero attached hydrogens (tertiary/aromatic N) is 17. The Morgan fingerprint density at radius 2 is 0.931 bits per heavy atom. The molecule has 0 amide bonds. The van der Waals surface area contributed by atoms with Gasteiger partial charge in [-0.3, -0.25) is 50.9 Å². The molecule has 0 aliphatic carbocycles. The van der Waals surface area contributed by atoms with Crippen LogP contribution in [-0.2, 0) is 0 Å². The van der Waals surface area contributed by atoms with Gasteiger partial charge in [-0.2, -0.15) is 0 Å². The number of methoxy groups -OCH3 is 4. The molecule has 13 aromatic heterocycles. The highest BCUT2D eigenvalue weighted by Crippen LogP contribution is 2.43. The summed E-state index contributed by atoms with van der Waals surface area (Å²) in [4.78, 5) is 105. The Hall–Kier alpha value is -15.5. The second-order valence-corrected chi connectivity index (χ2v) is 38.3. The number of rotatable bonds is 16. The number of pyridine rings is 7. The number of nitrogens with one attached hydrogen (secondary N) is 2. The van der Waals surface area contributed by atoms with E-state index in [1.165, 1.54) is 49.0 Å². The van der Waals surface area contributed by atoms with Crippen molar-refractivity contribution in [1.29, 1.82) is 0 Å². The topological polar surface area (TPSA) is 305 Å². The van der Waals surface area contributed by atoms with Crippen LogP contribution in [0.4, 0.5) is 21.5 Å². The molecule has 5 saturated heterocycles. The van der Waals surface area contributed by atoms with Gasteiger partial charge < -0.3 is 67.3 Å². The summed E-state index contributed by atoms with van der Waals surface area (Å²) in [7, 11) is 10.8. The number of aryl methyl sites for hydroxylation is 3. The quantitative estimate of drug-likeness (QED) is 0.0908. The smallest absolute Gasteiger partial charge is 0.258 e. The van der Waals surface area contributed by atoms with Crippen molar-refractivity contribution < 1.29 is 36.6 Å². The van der Waals surface area contributed by atoms with E-state index in [1.807, 2.05) is 172 Å². The maximum atomic E-state index is 14.5. The van der Waals surface area contributed by atoms with Crippen LogP contribution in [0.1, 0.15) is 94.0 Å². The van der Waals surface area contributed by atoms with Crippen molar-refractivity contribution in [2.75, 3.05) is 142 Å². The Balaban J connectivity index is 0.000000110. The zero-order valence-corrected chi connectivity index (χ0v) is 83.6. The largest absolute Gasteiger partial charge is 0.493 e. The van der Waals surface area contributed by atoms with Crippen LogP contribution in [0.25, 0.3) is 123 Å². The van der Waals surface area contributed by atoms with Gasteiger partial charge in [-0.05, 0) is 257 Å². The van der Waals surface area contributed by atoms with Crippen molar-refractivity contribution in [3.63, 3.8) is 0 Å². The van der Waals surface area contributed by atoms with Crippen LogP contribution in [0, 0.1) is 26.6 Å². The molecule has 19 heterocycles. The Labute approximate surface area is 836 Å². The monoisotopic (exact) mass is 1950 g/mol. The number of aromatic nitrogens is 11. The van der Waals surface area contributed by atoms with E-state index in [0.717, 1.165) is 187 Å². The molecule has 2 N–H and O–H groups in total. The normalized spacial score (nSPS) is 17.8. The van der Waals surface area contributed by atoms with Crippen molar-refractivity contribution in [3.8, 4) is 79.0 Å². The third-order valence-corrected chi connectivity index (χ3v) is 28.6. The average Bonchev–Trinajstić information content (AvgIpc) is 1.42. The third kappa shape index (κ3) is 20.8. The number of hydrogen-bond acceptors (Lipinski definition) is 26. The molecule has 5 aromatic carbocycles. The minimum atomic E-state index is -0.497. The summed E-state index contributed by atoms with van der Waals surface area (Å²) in [6.07, 6.45) is 18.9. The lowest BCUT2D eigenvalue weighted by Gasteiger charge is -2.36. The van der Waals surface area contributed by atoms with Gasteiger partial charge >= 0.3 is 0 Å². The second kappa shape index (κ2) is 41.8. The number of anilines is 3. The van der Waals surface area contributed by atoms with Gasteiger partial charge in [-0.25, -0.2) is 34.3 Å². The van der Waals surface area contributed by atoms with Crippen molar-refractivity contribution in [1.82, 2.24) is 77.2 Å². The highest BCUT2D eigenvalue weighted by atomic mass is 19.1. The molecule has 32 heteroatoms. The number of hydrogen-bond donors (Lipinski definition) is 2. The number of halogens is 1. The molecule has 2 bridgehead atoms. The van der Waals surface area contributed by atoms with E-state index >= 15 is 0 Å². The van der Waals surface area contributed by atoms with Gasteiger partial charge in [0.25, 0.3) is 27.8 Å². The van der Waals surface area contributed by atoms with Crippen LogP contribution in [0.3, 0.4) is 0 Å². The molecule has 0 radical (unpaired) electrons. The van der Waals surface area contributed by atoms with Crippen molar-refractivity contribution in [3.05, 3.63) is 312 Å². The molecule has 24 rings (SSSR count). The molecule has 0 saturated carbocycles. The molecule has 5 fully saturated rings. The SMILES string of the molecule is CCCN1CC=C(c2ccc3nc(-c4cc(F)c5nc(C)oc5c4)cc(=O)n3c2)CC1.COc1ccc(-c2cc(=O)n3cc(C4C[C@H]5CC[C@@H](C4)N5C)ccc3n2)cc1OC.COc1ccc(-c2cc(=O)n3cc(N4CCNC[C@H]4C)ccc3n2)cc1OC.Cc1nc2ccc(-c3cc(=O)n4cc(N5CCN(C)CC5)ccc4c3)cc2o1.Cc1nc2ccc(-c3cc(=O)n4cc(N5CCN[C@@H](C)C5)ccc4c3)cc2o1. The van der Waals surface area contributed by atoms with Gasteiger partial charge in [0.2, 0.25) is 0 Å². The van der Waals surface area contributed by atoms with Crippen LogP contribution < -0.4 is 72.1 Å². The highest BCUT2D eigenvalue weighted by molar-refractivity contribution is 5.84. The Bertz CT molecular complexity index is 8290. The van der Waals surface area contributed by atoms with Gasteiger partial charge in [-0.1, -0.05) is 31.2 Å². The molecule has 744 valence electrons. The summed E-state index contributed by atoms with van der Waals surface area (Å²) >= 11 is 0. The van der Waals surface area contributed by atoms with Gasteiger partial charge in [0.05, 0.1) is 62.6 Å². The number of fused-ring (bicyclic) bond motifs is 10. The Morgan fingerprint density at radius 3 is 1.48 bits per heavy atom. The van der Waals surface area contributed by atoms with Crippen molar-refractivity contribution in [2.45, 2.75) is 110 Å². The maximum absolute atomic E-state index is 14.5. The minimum Gasteiger partial charge on any atom is -0.493 e. The van der Waals surface area contributed by atoms with E-state index in [9.17, 15) is 28.4 Å². The first kappa shape index (κ1) is 97.0. The Kier molecular flexibility index (Phi) is 28.0. The van der Waals surface area contributed by atoms with Crippen LogP contribution in [-0.4, -0.2) is 218 Å². The van der Waals surface area contributed by atoms with Crippen molar-refractivity contribution >= 4 is 83.9 Å². The summed E-state index contributed by atoms with van der Waals surface area (Å²) in [5.74, 6) is 4.19. The number of likely N-dealkylation sites (N-methyl/N-ethyl adjacent to an activating group) is 1. The summed E-state index contributed by atoms with van der Waals surface area (Å²) < 4.78 is 60.8. The number of oxazole rings is 3. The first-order valence-electron chi connectivity index (χ1n) is 49.6. The standard InChI is InChI=1S/C24H23FN4O2.C24H27N3O3.2C22H22N4O2.C21H24N4O3/c1-3-8-28-9-6-16(7-10-28)17-4-5-22-27-20(13-23(30)29(22)14-17)18-11-19(25)24-21(12-18)31-15(2)26-24;1-26-18-6-7-19(26)11-17(10-18)16-5-9-23-25-20(13-24(28)27(23)14-16)15-4-8-21(29-2)22(12-15)30-3;1-15-23-20-6-3-16(12-21(20)28-15)17-11-18-4-5-19(14-26(18)22(27)13-17)25-9-7-24(2)8-10-25;1-14-12-25(8-7-23-14)19-5-4-18-9-17(11-22(27)26(18)13-19)16-3-6-20-21(10-16)28-15(2)24-20;1-14-12-22-8-9-24(14)16-5-7-20-23-17(11-21(26)25(20)13-16)15-4-6-18(27-2)19(10-15)28-3/h4-6,11-14H,3,7-10H2,1-2H3;4-5,8-9,12-14,17-19H,6-7,10-11H2,1-3H3;3-6,11-14H,7-10H2,1-2H3;3-6,9-11,13-14,23H,7-8,12H2,1-2H3;4-7,10-11,13-14,22H,8-9,12H2,1-3H3/t;17?,18-,19+;;2*14-/m...01/s1. The molecule has 0 spiro atoms. The van der Waals surface area contributed by atoms with Crippen LogP contribution in [0.15, 0.2) is 262 Å². The molecule has 6 aliphatic rings. The summed E-state index contributed by atoms with van der Waals surface area (Å²) in [5.41, 5.74) is 20.9. The number of piperazine rings is 3. The summed E-state index contributed by atoms with van der Waals surface area (Å²) in [6, 6.07) is 60.1. The number of benzene rings is 5. The molecule has 18 aromatic rings. The van der Waals surface area contributed by atoms with Gasteiger partial charge in [0.15, 0.2) is 63.2 Å². The molecular formula is C113H118FN19O12. The van der Waals surface area contributed by atoms with E-state index in [4.69, 9.17) is 37.2 Å². The number of piperidine rings is 1. The van der Waals surface area contributed by atoms with E-state index in [0.29, 0.717) is 116 Å². The first-order chi connectivity index (χ1) is 70.3. The van der Waals surface area contributed by atoms with Gasteiger partial charge in [-0.15, -0.1) is 0 Å². The summed E-state index contributed by atoms with van der Waals surface area (Å²) in [5, 5.41) is 6.83. The molecule has 1 unspecified atom stereocenters. The predicted octanol–water partition coefficient (Wildman–Crippen LogP) is 16.7. The average molecular weight is 1950 g/mol. The lowest BCUT2D eigenvalue weighted by molar-refractivity contribution is 0.161. The van der Waals surface area contributed by atoms with E-state index < -0.39 is 5.82 Å². The fourth-order valence-corrected chi connectivity index (χ4v) is 20.8. The maximum Gasteiger partial charge on any atom is 0.258 e. The van der Waals surface area contributed by atoms with Crippen LogP contribution in [0.5, 0.6) is 23.0 Å². The lowest BCUT2D eigenvalue weighted by atomic mass is 9.86. The fourth-order valence-electron chi connectivity index (χ4n) is 20.8. The zero-order chi connectivity index (χ0) is 101. The molecule has 6 aliphatic heterocycles. The van der Waals surface area contributed by atoms with Crippen molar-refractivity contribution in [2.24, 2.45) is 0 Å². The molecular weight excluding hydrogens is 1830 g/mol. The molecule has 31 nitrogen and oxygen atoms in total. The van der Waals surface area contributed by atoms with Crippen LogP contribution >= 0.6 is 0 Å². The van der Waals surface area contributed by atoms with Gasteiger partial charge in [0, 0.05) is 213 Å². The zero-order valence-electron chi connectivity index (χ0n) is 83.6. The van der Waals surface area contributed by atoms with E-state index in [-0.39, 0.29) is 33.3 Å². The first-order valence-corrected chi connectivity index (χ1v) is 49.6. The second-order valence-electron chi connectivity index (χ2n) is 38.3. The minimum absolute atomic E-state index is 0.0303. The molecule has 5 atom stereocenters. The summed E-state index contributed by atoms with van der Waals surface area (Å²) in [6.45, 7) is 24.6. The predicted molar refractivity (Wildman–Crippen MR) is 567 cm³/mol. The Morgan fingerprint density at radius 1 is 0.434 bits per heavy atom. The number of ether oxygens (including phenoxy) is 4. The van der Waals surface area contributed by atoms with Crippen LogP contribution in [0.2, 0.25) is 0 Å².